The Balaban J connectivity index is 2.30. The van der Waals surface area contributed by atoms with Crippen LogP contribution in [0.4, 0.5) is 0 Å². The van der Waals surface area contributed by atoms with E-state index in [-0.39, 0.29) is 12.7 Å². The highest BCUT2D eigenvalue weighted by Crippen LogP contribution is 2.08. The summed E-state index contributed by atoms with van der Waals surface area (Å²) >= 11 is 0. The zero-order valence-electron chi connectivity index (χ0n) is 8.39. The van der Waals surface area contributed by atoms with E-state index in [0.717, 1.165) is 12.8 Å². The molecule has 0 saturated heterocycles. The van der Waals surface area contributed by atoms with Crippen molar-refractivity contribution >= 4 is 6.21 Å². The number of nitrogens with one attached hydrogen (secondary N) is 1. The molecule has 0 amide bonds. The van der Waals surface area contributed by atoms with Gasteiger partial charge in [-0.25, -0.2) is 4.84 Å². The fourth-order valence-electron chi connectivity index (χ4n) is 1.20. The molecule has 0 aromatic rings. The number of hydrogen-bond donors (Lipinski definition) is 2. The molecular weight excluding hydrogens is 182 g/mol. The number of aliphatic hydroxyl groups excluding tert-OH is 1. The molecule has 1 aliphatic rings. The molecule has 0 aliphatic carbocycles. The summed E-state index contributed by atoms with van der Waals surface area (Å²) in [6.07, 6.45) is 7.73. The summed E-state index contributed by atoms with van der Waals surface area (Å²) in [4.78, 5) is 5.49. The summed E-state index contributed by atoms with van der Waals surface area (Å²) in [5.74, 6) is 0. The highest BCUT2D eigenvalue weighted by Gasteiger charge is 2.12. The van der Waals surface area contributed by atoms with Crippen LogP contribution in [0.5, 0.6) is 0 Å². The standard InChI is InChI=1S/C9H17N3O2/c1-2-4-9(5-8-13)14-12-10-6-3-7-11-12/h3,6-7,9-10,13H,2,4-5,8H2,1H3. The predicted octanol–water partition coefficient (Wildman–Crippen LogP) is 0.789. The van der Waals surface area contributed by atoms with E-state index >= 15 is 0 Å². The van der Waals surface area contributed by atoms with Crippen LogP contribution in [0.25, 0.3) is 0 Å². The molecule has 0 spiro atoms. The van der Waals surface area contributed by atoms with Crippen molar-refractivity contribution < 1.29 is 9.94 Å². The molecule has 0 aromatic carbocycles. The van der Waals surface area contributed by atoms with Crippen molar-refractivity contribution in [1.82, 2.24) is 10.7 Å². The summed E-state index contributed by atoms with van der Waals surface area (Å²) in [7, 11) is 0. The zero-order chi connectivity index (χ0) is 10.2. The minimum atomic E-state index is 0.0150. The topological polar surface area (TPSA) is 57.1 Å². The van der Waals surface area contributed by atoms with E-state index in [1.54, 1.807) is 18.5 Å². The van der Waals surface area contributed by atoms with E-state index < -0.39 is 0 Å². The van der Waals surface area contributed by atoms with Crippen LogP contribution in [-0.2, 0) is 4.84 Å². The van der Waals surface area contributed by atoms with Gasteiger partial charge in [-0.15, -0.1) is 5.10 Å². The lowest BCUT2D eigenvalue weighted by molar-refractivity contribution is -0.227. The molecule has 1 rings (SSSR count). The summed E-state index contributed by atoms with van der Waals surface area (Å²) in [6, 6.07) is 0. The maximum atomic E-state index is 8.82. The first-order valence-corrected chi connectivity index (χ1v) is 4.90. The summed E-state index contributed by atoms with van der Waals surface area (Å²) in [5, 5.41) is 14.1. The van der Waals surface area contributed by atoms with Gasteiger partial charge in [0.1, 0.15) is 0 Å². The number of hydrazine groups is 1. The smallest absolute Gasteiger partial charge is 0.0917 e. The lowest BCUT2D eigenvalue weighted by Gasteiger charge is -2.24. The third kappa shape index (κ3) is 3.76. The van der Waals surface area contributed by atoms with Crippen molar-refractivity contribution in [2.45, 2.75) is 32.3 Å². The van der Waals surface area contributed by atoms with Crippen LogP contribution in [0, 0.1) is 0 Å². The molecule has 1 heterocycles. The molecule has 80 valence electrons. The lowest BCUT2D eigenvalue weighted by atomic mass is 10.1. The molecule has 1 aliphatic heterocycles. The van der Waals surface area contributed by atoms with Crippen molar-refractivity contribution in [1.29, 1.82) is 0 Å². The first-order valence-electron chi connectivity index (χ1n) is 4.90. The van der Waals surface area contributed by atoms with Gasteiger partial charge in [-0.3, -0.25) is 5.43 Å². The monoisotopic (exact) mass is 199 g/mol. The van der Waals surface area contributed by atoms with E-state index in [2.05, 4.69) is 17.5 Å². The van der Waals surface area contributed by atoms with E-state index in [4.69, 9.17) is 9.94 Å². The Morgan fingerprint density at radius 3 is 3.00 bits per heavy atom. The van der Waals surface area contributed by atoms with Gasteiger partial charge in [-0.1, -0.05) is 18.6 Å². The molecule has 0 bridgehead atoms. The van der Waals surface area contributed by atoms with Gasteiger partial charge in [0.05, 0.1) is 12.3 Å². The largest absolute Gasteiger partial charge is 0.396 e. The second-order valence-electron chi connectivity index (χ2n) is 3.05. The third-order valence-electron chi connectivity index (χ3n) is 1.85. The van der Waals surface area contributed by atoms with Crippen LogP contribution in [0.15, 0.2) is 17.4 Å². The summed E-state index contributed by atoms with van der Waals surface area (Å²) < 4.78 is 0. The van der Waals surface area contributed by atoms with Gasteiger partial charge in [-0.05, 0) is 18.9 Å². The Morgan fingerprint density at radius 1 is 1.57 bits per heavy atom. The molecule has 0 aromatic heterocycles. The van der Waals surface area contributed by atoms with Gasteiger partial charge in [0.15, 0.2) is 0 Å². The quantitative estimate of drug-likeness (QED) is 0.664. The van der Waals surface area contributed by atoms with E-state index in [0.29, 0.717) is 6.42 Å². The predicted molar refractivity (Wildman–Crippen MR) is 54.1 cm³/mol. The van der Waals surface area contributed by atoms with Crippen LogP contribution in [0.1, 0.15) is 26.2 Å². The van der Waals surface area contributed by atoms with Gasteiger partial charge >= 0.3 is 0 Å². The van der Waals surface area contributed by atoms with Crippen molar-refractivity contribution in [3.63, 3.8) is 0 Å². The van der Waals surface area contributed by atoms with E-state index in [1.807, 2.05) is 0 Å². The molecule has 0 saturated carbocycles. The Kier molecular flexibility index (Phi) is 5.03. The Hall–Kier alpha value is -1.07. The van der Waals surface area contributed by atoms with Gasteiger partial charge in [0.2, 0.25) is 0 Å². The van der Waals surface area contributed by atoms with Crippen molar-refractivity contribution in [3.05, 3.63) is 12.3 Å². The molecule has 1 atom stereocenters. The SMILES string of the molecule is CCCC(CCO)ON1N=CC=CN1. The lowest BCUT2D eigenvalue weighted by Crippen LogP contribution is -2.35. The van der Waals surface area contributed by atoms with Gasteiger partial charge < -0.3 is 5.11 Å². The number of rotatable bonds is 6. The first-order chi connectivity index (χ1) is 6.86. The number of nitrogens with zero attached hydrogens (tertiary/aromatic N) is 2. The molecule has 2 N–H and O–H groups in total. The van der Waals surface area contributed by atoms with Crippen molar-refractivity contribution in [2.75, 3.05) is 6.61 Å². The van der Waals surface area contributed by atoms with Crippen LogP contribution in [-0.4, -0.2) is 29.3 Å². The second kappa shape index (κ2) is 6.39. The Morgan fingerprint density at radius 2 is 2.43 bits per heavy atom. The highest BCUT2D eigenvalue weighted by molar-refractivity contribution is 5.70. The van der Waals surface area contributed by atoms with Crippen molar-refractivity contribution in [2.24, 2.45) is 5.10 Å². The maximum Gasteiger partial charge on any atom is 0.0917 e. The van der Waals surface area contributed by atoms with Gasteiger partial charge in [-0.2, -0.15) is 0 Å². The highest BCUT2D eigenvalue weighted by atomic mass is 16.7. The fourth-order valence-corrected chi connectivity index (χ4v) is 1.20. The molecule has 0 fully saturated rings. The molecule has 5 nitrogen and oxygen atoms in total. The average molecular weight is 199 g/mol. The average Bonchev–Trinajstić information content (AvgIpc) is 2.20. The number of allylic oxidation sites excluding steroid dienone is 1. The number of hydrogen-bond acceptors (Lipinski definition) is 5. The van der Waals surface area contributed by atoms with Crippen LogP contribution >= 0.6 is 0 Å². The molecule has 14 heavy (non-hydrogen) atoms. The fraction of sp³-hybridized carbons (Fsp3) is 0.667. The zero-order valence-corrected chi connectivity index (χ0v) is 8.39. The molecular formula is C9H17N3O2. The summed E-state index contributed by atoms with van der Waals surface area (Å²) in [5.41, 5.74) is 2.82. The normalized spacial score (nSPS) is 16.9. The first kappa shape index (κ1) is 11.0. The van der Waals surface area contributed by atoms with Crippen LogP contribution in [0.2, 0.25) is 0 Å². The molecule has 0 radical (unpaired) electrons. The third-order valence-corrected chi connectivity index (χ3v) is 1.85. The van der Waals surface area contributed by atoms with E-state index in [9.17, 15) is 0 Å². The minimum Gasteiger partial charge on any atom is -0.396 e. The Labute approximate surface area is 84.0 Å². The number of hydrazone groups is 1. The molecule has 1 unspecified atom stereocenters. The van der Waals surface area contributed by atoms with Gasteiger partial charge in [0, 0.05) is 12.8 Å². The number of aliphatic hydroxyl groups is 1. The van der Waals surface area contributed by atoms with Crippen molar-refractivity contribution in [3.8, 4) is 0 Å². The molecule has 5 heteroatoms. The Bertz CT molecular complexity index is 200. The minimum absolute atomic E-state index is 0.0150. The maximum absolute atomic E-state index is 8.82. The van der Waals surface area contributed by atoms with Crippen LogP contribution in [0.3, 0.4) is 0 Å². The van der Waals surface area contributed by atoms with E-state index in [1.165, 1.54) is 5.28 Å². The summed E-state index contributed by atoms with van der Waals surface area (Å²) in [6.45, 7) is 2.22. The second-order valence-corrected chi connectivity index (χ2v) is 3.05. The van der Waals surface area contributed by atoms with Crippen LogP contribution < -0.4 is 5.43 Å². The van der Waals surface area contributed by atoms with Gasteiger partial charge in [0.25, 0.3) is 0 Å².